The van der Waals surface area contributed by atoms with E-state index in [-0.39, 0.29) is 17.6 Å². The second-order valence-corrected chi connectivity index (χ2v) is 6.28. The molecule has 1 aliphatic rings. The molecule has 2 aromatic rings. The molecule has 1 saturated heterocycles. The summed E-state index contributed by atoms with van der Waals surface area (Å²) in [6.07, 6.45) is 0.0717. The lowest BCUT2D eigenvalue weighted by atomic mass is 10.00. The van der Waals surface area contributed by atoms with Crippen LogP contribution in [0.1, 0.15) is 27.3 Å². The topological polar surface area (TPSA) is 89.5 Å². The number of phenols is 1. The van der Waals surface area contributed by atoms with Crippen LogP contribution in [0.2, 0.25) is 0 Å². The molecule has 0 spiro atoms. The molecule has 1 aromatic heterocycles. The molecule has 6 heteroatoms. The number of aliphatic hydroxyl groups excluding tert-OH is 1. The molecule has 6 nitrogen and oxygen atoms in total. The zero-order chi connectivity index (χ0) is 16.6. The van der Waals surface area contributed by atoms with Gasteiger partial charge in [0.1, 0.15) is 5.75 Å². The van der Waals surface area contributed by atoms with Crippen LogP contribution < -0.4 is 0 Å². The van der Waals surface area contributed by atoms with Crippen molar-refractivity contribution in [3.8, 4) is 5.75 Å². The molecule has 0 bridgehead atoms. The van der Waals surface area contributed by atoms with E-state index in [0.29, 0.717) is 25.1 Å². The highest BCUT2D eigenvalue weighted by molar-refractivity contribution is 5.96. The molecule has 122 valence electrons. The Labute approximate surface area is 134 Å². The smallest absolute Gasteiger partial charge is 0.254 e. The highest BCUT2D eigenvalue weighted by atomic mass is 16.3. The van der Waals surface area contributed by atoms with Crippen LogP contribution >= 0.6 is 0 Å². The molecule has 3 rings (SSSR count). The van der Waals surface area contributed by atoms with E-state index < -0.39 is 6.10 Å². The Balaban J connectivity index is 1.72. The summed E-state index contributed by atoms with van der Waals surface area (Å²) >= 11 is 0. The number of nitrogens with one attached hydrogen (secondary N) is 1. The van der Waals surface area contributed by atoms with Gasteiger partial charge in [0.15, 0.2) is 0 Å². The Kier molecular flexibility index (Phi) is 4.09. The SMILES string of the molecule is Cc1cc(C[C@@H]2CN(C(=O)c3cc(O)ccc3C)C[C@@H]2O)n[nH]1. The number of aromatic hydroxyl groups is 1. The predicted molar refractivity (Wildman–Crippen MR) is 85.3 cm³/mol. The molecule has 1 fully saturated rings. The standard InChI is InChI=1S/C17H21N3O3/c1-10-3-4-14(21)7-15(10)17(23)20-8-12(16(22)9-20)6-13-5-11(2)18-19-13/h3-5,7,12,16,21-22H,6,8-9H2,1-2H3,(H,18,19)/t12-,16+/m1/s1. The first-order chi connectivity index (χ1) is 10.9. The van der Waals surface area contributed by atoms with Gasteiger partial charge in [-0.1, -0.05) is 6.07 Å². The summed E-state index contributed by atoms with van der Waals surface area (Å²) in [5.41, 5.74) is 3.17. The molecule has 0 unspecified atom stereocenters. The number of rotatable bonds is 3. The quantitative estimate of drug-likeness (QED) is 0.799. The number of β-amino-alcohol motifs (C(OH)–C–C–N with tert-alkyl or cyclic N) is 1. The minimum atomic E-state index is -0.562. The first-order valence-electron chi connectivity index (χ1n) is 7.72. The van der Waals surface area contributed by atoms with Crippen LogP contribution in [0.3, 0.4) is 0 Å². The number of nitrogens with zero attached hydrogens (tertiary/aromatic N) is 2. The number of likely N-dealkylation sites (tertiary alicyclic amines) is 1. The Morgan fingerprint density at radius 3 is 2.83 bits per heavy atom. The van der Waals surface area contributed by atoms with Gasteiger partial charge in [-0.25, -0.2) is 0 Å². The van der Waals surface area contributed by atoms with Crippen LogP contribution in [0, 0.1) is 19.8 Å². The van der Waals surface area contributed by atoms with Gasteiger partial charge in [0.2, 0.25) is 0 Å². The van der Waals surface area contributed by atoms with Crippen molar-refractivity contribution in [3.63, 3.8) is 0 Å². The van der Waals surface area contributed by atoms with E-state index in [1.807, 2.05) is 19.9 Å². The van der Waals surface area contributed by atoms with Gasteiger partial charge in [-0.2, -0.15) is 5.10 Å². The minimum absolute atomic E-state index is 0.0285. The first kappa shape index (κ1) is 15.6. The molecule has 1 aromatic carbocycles. The van der Waals surface area contributed by atoms with E-state index in [4.69, 9.17) is 0 Å². The van der Waals surface area contributed by atoms with Crippen LogP contribution in [0.15, 0.2) is 24.3 Å². The molecular weight excluding hydrogens is 294 g/mol. The zero-order valence-corrected chi connectivity index (χ0v) is 13.3. The zero-order valence-electron chi connectivity index (χ0n) is 13.3. The summed E-state index contributed by atoms with van der Waals surface area (Å²) in [4.78, 5) is 14.3. The number of amides is 1. The molecule has 23 heavy (non-hydrogen) atoms. The largest absolute Gasteiger partial charge is 0.508 e. The summed E-state index contributed by atoms with van der Waals surface area (Å²) in [6, 6.07) is 6.72. The van der Waals surface area contributed by atoms with Crippen LogP contribution in [-0.4, -0.2) is 50.4 Å². The molecule has 2 atom stereocenters. The van der Waals surface area contributed by atoms with Gasteiger partial charge in [0, 0.05) is 30.3 Å². The number of H-pyrrole nitrogens is 1. The van der Waals surface area contributed by atoms with Crippen molar-refractivity contribution in [1.82, 2.24) is 15.1 Å². The number of phenolic OH excluding ortho intramolecular Hbond substituents is 1. The van der Waals surface area contributed by atoms with Crippen molar-refractivity contribution < 1.29 is 15.0 Å². The van der Waals surface area contributed by atoms with Gasteiger partial charge in [-0.05, 0) is 44.0 Å². The van der Waals surface area contributed by atoms with Gasteiger partial charge in [0.25, 0.3) is 5.91 Å². The van der Waals surface area contributed by atoms with Crippen molar-refractivity contribution >= 4 is 5.91 Å². The number of hydrogen-bond donors (Lipinski definition) is 3. The summed E-state index contributed by atoms with van der Waals surface area (Å²) in [5.74, 6) is -0.111. The molecule has 0 aliphatic carbocycles. The molecule has 1 aliphatic heterocycles. The number of aromatic nitrogens is 2. The predicted octanol–water partition coefficient (Wildman–Crippen LogP) is 1.41. The molecule has 0 radical (unpaired) electrons. The maximum absolute atomic E-state index is 12.6. The Bertz CT molecular complexity index is 726. The van der Waals surface area contributed by atoms with Gasteiger partial charge in [-0.3, -0.25) is 9.89 Å². The maximum Gasteiger partial charge on any atom is 0.254 e. The number of benzene rings is 1. The molecule has 0 saturated carbocycles. The number of aliphatic hydroxyl groups is 1. The third-order valence-electron chi connectivity index (χ3n) is 4.38. The first-order valence-corrected chi connectivity index (χ1v) is 7.72. The van der Waals surface area contributed by atoms with E-state index in [0.717, 1.165) is 17.0 Å². The highest BCUT2D eigenvalue weighted by Gasteiger charge is 2.35. The Morgan fingerprint density at radius 2 is 2.13 bits per heavy atom. The average molecular weight is 315 g/mol. The van der Waals surface area contributed by atoms with Crippen molar-refractivity contribution in [2.24, 2.45) is 5.92 Å². The Hall–Kier alpha value is -2.34. The van der Waals surface area contributed by atoms with E-state index in [9.17, 15) is 15.0 Å². The van der Waals surface area contributed by atoms with Crippen LogP contribution in [-0.2, 0) is 6.42 Å². The van der Waals surface area contributed by atoms with Crippen molar-refractivity contribution in [2.45, 2.75) is 26.4 Å². The summed E-state index contributed by atoms with van der Waals surface area (Å²) in [7, 11) is 0. The van der Waals surface area contributed by atoms with E-state index in [2.05, 4.69) is 10.2 Å². The van der Waals surface area contributed by atoms with Crippen LogP contribution in [0.5, 0.6) is 5.75 Å². The monoisotopic (exact) mass is 315 g/mol. The van der Waals surface area contributed by atoms with Crippen molar-refractivity contribution in [1.29, 1.82) is 0 Å². The number of aryl methyl sites for hydroxylation is 2. The van der Waals surface area contributed by atoms with E-state index in [1.165, 1.54) is 6.07 Å². The number of carbonyl (C=O) groups excluding carboxylic acids is 1. The minimum Gasteiger partial charge on any atom is -0.508 e. The molecule has 3 N–H and O–H groups in total. The number of aromatic amines is 1. The van der Waals surface area contributed by atoms with Crippen LogP contribution in [0.4, 0.5) is 0 Å². The normalized spacial score (nSPS) is 20.9. The fourth-order valence-electron chi connectivity index (χ4n) is 3.08. The third kappa shape index (κ3) is 3.22. The highest BCUT2D eigenvalue weighted by Crippen LogP contribution is 2.25. The number of carbonyl (C=O) groups is 1. The second kappa shape index (κ2) is 6.04. The molecule has 1 amide bonds. The van der Waals surface area contributed by atoms with Gasteiger partial charge in [0.05, 0.1) is 11.8 Å². The van der Waals surface area contributed by atoms with Crippen molar-refractivity contribution in [2.75, 3.05) is 13.1 Å². The maximum atomic E-state index is 12.6. The van der Waals surface area contributed by atoms with Gasteiger partial charge >= 0.3 is 0 Å². The number of hydrogen-bond acceptors (Lipinski definition) is 4. The van der Waals surface area contributed by atoms with Crippen molar-refractivity contribution in [3.05, 3.63) is 46.8 Å². The lowest BCUT2D eigenvalue weighted by Gasteiger charge is -2.17. The van der Waals surface area contributed by atoms with E-state index in [1.54, 1.807) is 17.0 Å². The lowest BCUT2D eigenvalue weighted by molar-refractivity contribution is 0.0763. The lowest BCUT2D eigenvalue weighted by Crippen LogP contribution is -2.30. The molecular formula is C17H21N3O3. The fraction of sp³-hybridized carbons (Fsp3) is 0.412. The third-order valence-corrected chi connectivity index (χ3v) is 4.38. The average Bonchev–Trinajstić information content (AvgIpc) is 3.08. The fourth-order valence-corrected chi connectivity index (χ4v) is 3.08. The summed E-state index contributed by atoms with van der Waals surface area (Å²) in [5, 5.41) is 27.0. The van der Waals surface area contributed by atoms with E-state index >= 15 is 0 Å². The second-order valence-electron chi connectivity index (χ2n) is 6.28. The molecule has 2 heterocycles. The summed E-state index contributed by atoms with van der Waals surface area (Å²) in [6.45, 7) is 4.56. The van der Waals surface area contributed by atoms with Gasteiger partial charge < -0.3 is 15.1 Å². The summed E-state index contributed by atoms with van der Waals surface area (Å²) < 4.78 is 0. The van der Waals surface area contributed by atoms with Crippen LogP contribution in [0.25, 0.3) is 0 Å². The van der Waals surface area contributed by atoms with Gasteiger partial charge in [-0.15, -0.1) is 0 Å². The Morgan fingerprint density at radius 1 is 1.35 bits per heavy atom.